The minimum Gasteiger partial charge on any atom is -0.395 e. The van der Waals surface area contributed by atoms with Crippen LogP contribution in [0.4, 0.5) is 11.5 Å². The second-order valence-corrected chi connectivity index (χ2v) is 5.40. The first-order valence-corrected chi connectivity index (χ1v) is 5.93. The molecule has 1 saturated heterocycles. The Kier molecular flexibility index (Phi) is 2.93. The average Bonchev–Trinajstić information content (AvgIpc) is 2.28. The Labute approximate surface area is 102 Å². The van der Waals surface area contributed by atoms with E-state index in [0.29, 0.717) is 11.3 Å². The van der Waals surface area contributed by atoms with Crippen molar-refractivity contribution < 1.29 is 0 Å². The average molecular weight is 230 g/mol. The Morgan fingerprint density at radius 2 is 2.29 bits per heavy atom. The van der Waals surface area contributed by atoms with Gasteiger partial charge in [-0.15, -0.1) is 0 Å². The van der Waals surface area contributed by atoms with Gasteiger partial charge in [0.2, 0.25) is 0 Å². The van der Waals surface area contributed by atoms with Crippen molar-refractivity contribution in [2.45, 2.75) is 26.7 Å². The molecule has 17 heavy (non-hydrogen) atoms. The fourth-order valence-electron chi connectivity index (χ4n) is 2.42. The number of aromatic nitrogens is 1. The molecule has 90 valence electrons. The van der Waals surface area contributed by atoms with Gasteiger partial charge < -0.3 is 10.6 Å². The quantitative estimate of drug-likeness (QED) is 0.803. The second kappa shape index (κ2) is 4.25. The minimum atomic E-state index is 0.287. The fourth-order valence-corrected chi connectivity index (χ4v) is 2.42. The molecule has 0 amide bonds. The molecule has 0 bridgehead atoms. The summed E-state index contributed by atoms with van der Waals surface area (Å²) in [7, 11) is 0. The van der Waals surface area contributed by atoms with Crippen molar-refractivity contribution in [2.75, 3.05) is 23.7 Å². The van der Waals surface area contributed by atoms with Crippen LogP contribution in [-0.2, 0) is 0 Å². The zero-order chi connectivity index (χ0) is 12.5. The smallest absolute Gasteiger partial charge is 0.153 e. The molecule has 2 rings (SSSR count). The maximum absolute atomic E-state index is 8.97. The van der Waals surface area contributed by atoms with Gasteiger partial charge in [-0.2, -0.15) is 5.26 Å². The molecule has 1 aromatic heterocycles. The van der Waals surface area contributed by atoms with Crippen LogP contribution in [0.5, 0.6) is 0 Å². The summed E-state index contributed by atoms with van der Waals surface area (Å²) < 4.78 is 0. The number of nitrogens with two attached hydrogens (primary N) is 1. The lowest BCUT2D eigenvalue weighted by atomic mass is 9.84. The van der Waals surface area contributed by atoms with Gasteiger partial charge in [0.15, 0.2) is 5.82 Å². The van der Waals surface area contributed by atoms with Gasteiger partial charge in [-0.05, 0) is 24.3 Å². The molecule has 0 aromatic carbocycles. The third kappa shape index (κ3) is 2.33. The molecule has 1 fully saturated rings. The van der Waals surface area contributed by atoms with E-state index >= 15 is 0 Å². The van der Waals surface area contributed by atoms with Crippen molar-refractivity contribution in [3.63, 3.8) is 0 Å². The van der Waals surface area contributed by atoms with Crippen LogP contribution in [0.2, 0.25) is 0 Å². The maximum atomic E-state index is 8.97. The first kappa shape index (κ1) is 11.7. The van der Waals surface area contributed by atoms with Crippen molar-refractivity contribution in [3.8, 4) is 6.07 Å². The van der Waals surface area contributed by atoms with E-state index in [1.807, 2.05) is 0 Å². The van der Waals surface area contributed by atoms with Gasteiger partial charge in [0, 0.05) is 19.3 Å². The first-order valence-electron chi connectivity index (χ1n) is 5.93. The Balaban J connectivity index is 2.32. The number of pyridine rings is 1. The van der Waals surface area contributed by atoms with E-state index in [0.717, 1.165) is 25.3 Å². The first-order chi connectivity index (χ1) is 8.03. The van der Waals surface area contributed by atoms with Gasteiger partial charge in [0.25, 0.3) is 0 Å². The lowest BCUT2D eigenvalue weighted by molar-refractivity contribution is 0.292. The van der Waals surface area contributed by atoms with Gasteiger partial charge >= 0.3 is 0 Å². The summed E-state index contributed by atoms with van der Waals surface area (Å²) in [5, 5.41) is 8.97. The van der Waals surface area contributed by atoms with Gasteiger partial charge in [-0.1, -0.05) is 13.8 Å². The zero-order valence-corrected chi connectivity index (χ0v) is 10.4. The van der Waals surface area contributed by atoms with Gasteiger partial charge in [0.1, 0.15) is 6.07 Å². The number of nitrogens with zero attached hydrogens (tertiary/aromatic N) is 3. The Bertz CT molecular complexity index is 459. The molecular weight excluding hydrogens is 212 g/mol. The highest BCUT2D eigenvalue weighted by Gasteiger charge is 2.28. The van der Waals surface area contributed by atoms with E-state index in [4.69, 9.17) is 11.0 Å². The monoisotopic (exact) mass is 230 g/mol. The maximum Gasteiger partial charge on any atom is 0.153 e. The van der Waals surface area contributed by atoms with Crippen LogP contribution in [0.15, 0.2) is 12.3 Å². The van der Waals surface area contributed by atoms with Crippen LogP contribution in [0.3, 0.4) is 0 Å². The number of hydrogen-bond donors (Lipinski definition) is 1. The summed E-state index contributed by atoms with van der Waals surface area (Å²) in [6, 6.07) is 3.76. The highest BCUT2D eigenvalue weighted by atomic mass is 15.2. The van der Waals surface area contributed by atoms with Crippen LogP contribution in [0.25, 0.3) is 0 Å². The van der Waals surface area contributed by atoms with E-state index in [1.54, 1.807) is 12.3 Å². The predicted molar refractivity (Wildman–Crippen MR) is 68.6 cm³/mol. The lowest BCUT2D eigenvalue weighted by Crippen LogP contribution is -2.40. The fraction of sp³-hybridized carbons (Fsp3) is 0.538. The molecule has 2 N–H and O–H groups in total. The summed E-state index contributed by atoms with van der Waals surface area (Å²) in [6.45, 7) is 6.42. The number of anilines is 2. The highest BCUT2D eigenvalue weighted by molar-refractivity contribution is 5.70. The molecule has 0 saturated carbocycles. The molecule has 2 heterocycles. The van der Waals surface area contributed by atoms with E-state index in [9.17, 15) is 0 Å². The van der Waals surface area contributed by atoms with Crippen molar-refractivity contribution in [1.29, 1.82) is 5.26 Å². The van der Waals surface area contributed by atoms with Crippen LogP contribution in [0.1, 0.15) is 32.3 Å². The molecule has 0 radical (unpaired) electrons. The van der Waals surface area contributed by atoms with E-state index < -0.39 is 0 Å². The molecule has 0 atom stereocenters. The standard InChI is InChI=1S/C13H18N4/c1-13(2)5-3-7-17(9-13)12-11(15)10(8-14)4-6-16-12/h4,6H,3,5,7,9,15H2,1-2H3. The Morgan fingerprint density at radius 3 is 2.94 bits per heavy atom. The number of nitriles is 1. The number of nitrogen functional groups attached to an aromatic ring is 1. The lowest BCUT2D eigenvalue weighted by Gasteiger charge is -2.39. The summed E-state index contributed by atoms with van der Waals surface area (Å²) in [5.74, 6) is 0.761. The molecule has 1 aliphatic heterocycles. The molecule has 0 spiro atoms. The topological polar surface area (TPSA) is 65.9 Å². The SMILES string of the molecule is CC1(C)CCCN(c2nccc(C#N)c2N)C1. The van der Waals surface area contributed by atoms with Gasteiger partial charge in [0.05, 0.1) is 11.3 Å². The molecule has 0 aliphatic carbocycles. The van der Waals surface area contributed by atoms with Gasteiger partial charge in [-0.3, -0.25) is 0 Å². The Hall–Kier alpha value is -1.76. The summed E-state index contributed by atoms with van der Waals surface area (Å²) in [6.07, 6.45) is 4.03. The predicted octanol–water partition coefficient (Wildman–Crippen LogP) is 2.16. The normalized spacial score (nSPS) is 18.8. The second-order valence-electron chi connectivity index (χ2n) is 5.40. The molecule has 4 heteroatoms. The van der Waals surface area contributed by atoms with E-state index in [2.05, 4.69) is 29.8 Å². The molecule has 0 unspecified atom stereocenters. The van der Waals surface area contributed by atoms with Crippen molar-refractivity contribution >= 4 is 11.5 Å². The summed E-state index contributed by atoms with van der Waals surface area (Å²) in [4.78, 5) is 6.52. The van der Waals surface area contributed by atoms with E-state index in [1.165, 1.54) is 6.42 Å². The molecule has 4 nitrogen and oxygen atoms in total. The van der Waals surface area contributed by atoms with Crippen LogP contribution in [-0.4, -0.2) is 18.1 Å². The third-order valence-electron chi connectivity index (χ3n) is 3.29. The van der Waals surface area contributed by atoms with Crippen molar-refractivity contribution in [3.05, 3.63) is 17.8 Å². The number of rotatable bonds is 1. The van der Waals surface area contributed by atoms with Crippen molar-refractivity contribution in [1.82, 2.24) is 4.98 Å². The zero-order valence-electron chi connectivity index (χ0n) is 10.4. The largest absolute Gasteiger partial charge is 0.395 e. The third-order valence-corrected chi connectivity index (χ3v) is 3.29. The molecular formula is C13H18N4. The number of piperidine rings is 1. The molecule has 1 aromatic rings. The summed E-state index contributed by atoms with van der Waals surface area (Å²) in [5.41, 5.74) is 7.29. The number of hydrogen-bond acceptors (Lipinski definition) is 4. The van der Waals surface area contributed by atoms with Crippen molar-refractivity contribution in [2.24, 2.45) is 5.41 Å². The minimum absolute atomic E-state index is 0.287. The van der Waals surface area contributed by atoms with Crippen LogP contribution < -0.4 is 10.6 Å². The Morgan fingerprint density at radius 1 is 1.53 bits per heavy atom. The van der Waals surface area contributed by atoms with Crippen LogP contribution in [0, 0.1) is 16.7 Å². The summed E-state index contributed by atoms with van der Waals surface area (Å²) >= 11 is 0. The highest BCUT2D eigenvalue weighted by Crippen LogP contribution is 2.33. The van der Waals surface area contributed by atoms with Gasteiger partial charge in [-0.25, -0.2) is 4.98 Å². The molecule has 1 aliphatic rings. The van der Waals surface area contributed by atoms with E-state index in [-0.39, 0.29) is 5.41 Å². The van der Waals surface area contributed by atoms with Crippen LogP contribution >= 0.6 is 0 Å².